The smallest absolute Gasteiger partial charge is 0.870 e. The van der Waals surface area contributed by atoms with Crippen LogP contribution in [0.3, 0.4) is 0 Å². The minimum atomic E-state index is -1.16. The zero-order chi connectivity index (χ0) is 39.3. The molecule has 0 spiro atoms. The third-order valence-corrected chi connectivity index (χ3v) is 8.95. The van der Waals surface area contributed by atoms with Crippen LogP contribution in [0, 0.1) is 9.54 Å². The number of hydrogen-bond acceptors (Lipinski definition) is 11. The van der Waals surface area contributed by atoms with Crippen molar-refractivity contribution in [1.29, 1.82) is 0 Å². The Kier molecular flexibility index (Phi) is 14.0. The first-order valence-corrected chi connectivity index (χ1v) is 18.1. The van der Waals surface area contributed by atoms with Crippen LogP contribution in [0.1, 0.15) is 34.8 Å². The van der Waals surface area contributed by atoms with Gasteiger partial charge in [-0.15, -0.1) is 0 Å². The number of imidazole rings is 2. The fourth-order valence-corrected chi connectivity index (χ4v) is 6.52. The summed E-state index contributed by atoms with van der Waals surface area (Å²) in [6, 6.07) is 33.5. The number of aromatic nitrogens is 8. The molecule has 0 atom stereocenters. The maximum atomic E-state index is 12.0. The first kappa shape index (κ1) is 43.1. The van der Waals surface area contributed by atoms with Crippen molar-refractivity contribution in [3.05, 3.63) is 130 Å². The number of carbonyl (C=O) groups is 2. The van der Waals surface area contributed by atoms with Crippen molar-refractivity contribution in [2.75, 3.05) is 13.2 Å². The molecule has 0 fully saturated rings. The molecule has 58 heavy (non-hydrogen) atoms. The summed E-state index contributed by atoms with van der Waals surface area (Å²) in [5, 5.41) is 9.67. The molecule has 0 saturated carbocycles. The molecule has 4 heterocycles. The number of ether oxygens (including phenoxy) is 2. The van der Waals surface area contributed by atoms with Gasteiger partial charge in [0.25, 0.3) is 5.91 Å². The maximum absolute atomic E-state index is 12.0. The van der Waals surface area contributed by atoms with E-state index in [0.29, 0.717) is 56.8 Å². The van der Waals surface area contributed by atoms with Crippen molar-refractivity contribution in [2.45, 2.75) is 13.8 Å². The second-order valence-corrected chi connectivity index (χ2v) is 12.7. The van der Waals surface area contributed by atoms with Gasteiger partial charge in [0.15, 0.2) is 43.9 Å². The fourth-order valence-electron chi connectivity index (χ4n) is 5.93. The number of para-hydroxylation sites is 2. The first-order valence-electron chi connectivity index (χ1n) is 17.3. The molecule has 0 saturated heterocycles. The number of carboxylic acids is 1. The zero-order valence-corrected chi connectivity index (χ0v) is 35.0. The second-order valence-electron chi connectivity index (χ2n) is 12.0. The Morgan fingerprint density at radius 1 is 0.638 bits per heavy atom. The van der Waals surface area contributed by atoms with Gasteiger partial charge in [-0.3, -0.25) is 13.9 Å². The van der Waals surface area contributed by atoms with Gasteiger partial charge in [-0.05, 0) is 111 Å². The van der Waals surface area contributed by atoms with Crippen LogP contribution in [0.5, 0.6) is 11.5 Å². The number of nitrogens with one attached hydrogen (secondary N) is 2. The Hall–Kier alpha value is -6.08. The Bertz CT molecular complexity index is 2630. The van der Waals surface area contributed by atoms with Gasteiger partial charge in [-0.2, -0.15) is 0 Å². The number of carbonyl (C=O) groups excluding carboxylic acids is 1. The van der Waals surface area contributed by atoms with E-state index >= 15 is 0 Å². The molecular formula is C40H34N9NaO6S2. The maximum Gasteiger partial charge on any atom is 1.00 e. The molecule has 0 aliphatic carbocycles. The number of rotatable bonds is 10. The summed E-state index contributed by atoms with van der Waals surface area (Å²) >= 11 is 10.9. The fraction of sp³-hybridized carbons (Fsp3) is 0.100. The largest absolute Gasteiger partial charge is 1.00 e. The van der Waals surface area contributed by atoms with Gasteiger partial charge in [0.05, 0.1) is 13.2 Å². The Labute approximate surface area is 363 Å². The molecule has 1 amide bonds. The number of primary amides is 1. The number of hydrogen-bond donors (Lipinski definition) is 4. The quantitative estimate of drug-likeness (QED) is 0.109. The normalized spacial score (nSPS) is 10.5. The van der Waals surface area contributed by atoms with Crippen LogP contribution >= 0.6 is 24.4 Å². The third kappa shape index (κ3) is 8.89. The number of fused-ring (bicyclic) bond motifs is 2. The monoisotopic (exact) mass is 823 g/mol. The molecule has 8 aromatic rings. The number of amides is 1. The molecule has 0 radical (unpaired) electrons. The van der Waals surface area contributed by atoms with E-state index in [-0.39, 0.29) is 51.9 Å². The minimum Gasteiger partial charge on any atom is -0.870 e. The van der Waals surface area contributed by atoms with E-state index in [1.165, 1.54) is 0 Å². The van der Waals surface area contributed by atoms with Gasteiger partial charge in [-0.25, -0.2) is 24.7 Å². The molecule has 0 unspecified atom stereocenters. The van der Waals surface area contributed by atoms with Crippen LogP contribution in [0.4, 0.5) is 0 Å². The van der Waals surface area contributed by atoms with Crippen molar-refractivity contribution in [3.63, 3.8) is 0 Å². The van der Waals surface area contributed by atoms with Crippen LogP contribution < -0.4 is 44.8 Å². The minimum absolute atomic E-state index is 0. The molecule has 18 heteroatoms. The van der Waals surface area contributed by atoms with Gasteiger partial charge in [0, 0.05) is 22.5 Å². The summed E-state index contributed by atoms with van der Waals surface area (Å²) in [6.07, 6.45) is 0. The topological polar surface area (TPSA) is 222 Å². The molecule has 6 N–H and O–H groups in total. The molecular weight excluding hydrogens is 790 g/mol. The van der Waals surface area contributed by atoms with E-state index in [0.717, 1.165) is 28.4 Å². The Morgan fingerprint density at radius 2 is 1.02 bits per heavy atom. The zero-order valence-electron chi connectivity index (χ0n) is 31.4. The average Bonchev–Trinajstić information content (AvgIpc) is 3.73. The van der Waals surface area contributed by atoms with Crippen molar-refractivity contribution >= 4 is 58.6 Å². The predicted octanol–water partition coefficient (Wildman–Crippen LogP) is 4.71. The van der Waals surface area contributed by atoms with Gasteiger partial charge < -0.3 is 35.8 Å². The third-order valence-electron chi connectivity index (χ3n) is 8.39. The number of aromatic carboxylic acids is 1. The van der Waals surface area contributed by atoms with Crippen molar-refractivity contribution in [2.24, 2.45) is 5.73 Å². The second kappa shape index (κ2) is 18.9. The van der Waals surface area contributed by atoms with Crippen LogP contribution in [0.2, 0.25) is 0 Å². The van der Waals surface area contributed by atoms with Crippen molar-refractivity contribution in [3.8, 4) is 45.6 Å². The van der Waals surface area contributed by atoms with E-state index < -0.39 is 11.9 Å². The summed E-state index contributed by atoms with van der Waals surface area (Å²) in [4.78, 5) is 47.7. The number of benzene rings is 4. The number of nitrogens with two attached hydrogens (primary N) is 1. The number of aromatic amines is 2. The van der Waals surface area contributed by atoms with Crippen LogP contribution in [0.25, 0.3) is 56.5 Å². The van der Waals surface area contributed by atoms with Gasteiger partial charge in [-0.1, -0.05) is 36.4 Å². The molecule has 0 aliphatic heterocycles. The van der Waals surface area contributed by atoms with Crippen molar-refractivity contribution in [1.82, 2.24) is 39.0 Å². The van der Waals surface area contributed by atoms with Gasteiger partial charge in [0.1, 0.15) is 22.5 Å². The van der Waals surface area contributed by atoms with Crippen LogP contribution in [-0.2, 0) is 0 Å². The average molecular weight is 824 g/mol. The van der Waals surface area contributed by atoms with E-state index in [1.807, 2.05) is 98.8 Å². The molecule has 8 rings (SSSR count). The number of nitrogens with zero attached hydrogens (tertiary/aromatic N) is 6. The molecule has 0 aliphatic rings. The van der Waals surface area contributed by atoms with E-state index in [1.54, 1.807) is 33.4 Å². The summed E-state index contributed by atoms with van der Waals surface area (Å²) in [5.74, 6) is 0.331. The molecule has 288 valence electrons. The first-order chi connectivity index (χ1) is 27.2. The summed E-state index contributed by atoms with van der Waals surface area (Å²) in [6.45, 7) is 4.97. The van der Waals surface area contributed by atoms with Crippen LogP contribution in [-0.4, -0.2) is 74.7 Å². The van der Waals surface area contributed by atoms with Crippen molar-refractivity contribution < 1.29 is 59.2 Å². The number of carboxylic acid groups (broad SMARTS) is 1. The van der Waals surface area contributed by atoms with Gasteiger partial charge in [0.2, 0.25) is 0 Å². The Balaban J connectivity index is 0.000000214. The predicted molar refractivity (Wildman–Crippen MR) is 219 cm³/mol. The van der Waals surface area contributed by atoms with Gasteiger partial charge >= 0.3 is 35.5 Å². The summed E-state index contributed by atoms with van der Waals surface area (Å²) < 4.78 is 15.1. The molecule has 0 bridgehead atoms. The summed E-state index contributed by atoms with van der Waals surface area (Å²) in [5.41, 5.74) is 10.2. The SMILES string of the molecule is CCOc1ccc(-c2nc(C(=O)O)c3[nH]c(=S)n(-c4ccccc4)c3n2)cc1.CCOc1ccc(-c2nc(C(N)=O)c3[nH]c(=S)n(-c4ccccc4)c3n2)cc1.[Na+].[OH-]. The molecule has 4 aromatic heterocycles. The number of H-pyrrole nitrogens is 2. The molecule has 15 nitrogen and oxygen atoms in total. The summed E-state index contributed by atoms with van der Waals surface area (Å²) in [7, 11) is 0. The Morgan fingerprint density at radius 3 is 1.38 bits per heavy atom. The van der Waals surface area contributed by atoms with E-state index in [4.69, 9.17) is 39.6 Å². The standard InChI is InChI=1S/C20H17N5O2S.C20H16N4O3S.Na.H2O/c1-2-27-14-10-8-12(9-11-14)18-22-15(17(21)26)16-19(24-18)25(20(28)23-16)13-6-4-3-5-7-13;1-2-27-14-10-8-12(9-11-14)17-21-16(19(25)26)15-18(23-17)24(20(28)22-15)13-6-4-3-5-7-13;;/h3-11H,2H2,1H3,(H2,21,26)(H,23,28);3-11H,2H2,1H3,(H,22,28)(H,25,26);;1H2/q;;+1;/p-1. The molecule has 4 aromatic carbocycles. The van der Waals surface area contributed by atoms with Crippen LogP contribution in [0.15, 0.2) is 109 Å². The van der Waals surface area contributed by atoms with E-state index in [9.17, 15) is 14.7 Å². The van der Waals surface area contributed by atoms with E-state index in [2.05, 4.69) is 29.9 Å².